The van der Waals surface area contributed by atoms with E-state index in [1.54, 1.807) is 6.07 Å². The Hall–Kier alpha value is -1.78. The largest absolute Gasteiger partial charge is 0.416 e. The van der Waals surface area contributed by atoms with E-state index in [9.17, 15) is 13.2 Å². The van der Waals surface area contributed by atoms with E-state index in [2.05, 4.69) is 10.2 Å². The van der Waals surface area contributed by atoms with Crippen LogP contribution in [0, 0.1) is 11.3 Å². The van der Waals surface area contributed by atoms with Gasteiger partial charge >= 0.3 is 6.18 Å². The molecule has 2 aromatic rings. The average molecular weight is 307 g/mol. The lowest BCUT2D eigenvalue weighted by molar-refractivity contribution is -0.137. The molecule has 0 aliphatic carbocycles. The van der Waals surface area contributed by atoms with E-state index < -0.39 is 11.7 Å². The van der Waals surface area contributed by atoms with Crippen molar-refractivity contribution in [2.45, 2.75) is 6.18 Å². The Morgan fingerprint density at radius 3 is 2.21 bits per heavy atom. The lowest BCUT2D eigenvalue weighted by Gasteiger charge is -2.11. The maximum absolute atomic E-state index is 12.5. The third-order valence-corrected chi connectivity index (χ3v) is 2.73. The minimum atomic E-state index is -4.55. The predicted octanol–water partition coefficient (Wildman–Crippen LogP) is 3.46. The summed E-state index contributed by atoms with van der Waals surface area (Å²) in [5.74, 6) is 0. The minimum absolute atomic E-state index is 0.00738. The van der Waals surface area contributed by atoms with E-state index in [0.29, 0.717) is 0 Å². The summed E-state index contributed by atoms with van der Waals surface area (Å²) in [7, 11) is 0. The van der Waals surface area contributed by atoms with Crippen LogP contribution in [0.4, 0.5) is 13.2 Å². The molecule has 4 nitrogen and oxygen atoms in total. The van der Waals surface area contributed by atoms with Crippen molar-refractivity contribution in [3.05, 3.63) is 39.6 Å². The van der Waals surface area contributed by atoms with Crippen molar-refractivity contribution in [3.63, 3.8) is 0 Å². The average Bonchev–Trinajstić information content (AvgIpc) is 2.75. The van der Waals surface area contributed by atoms with Crippen LogP contribution < -0.4 is 0 Å². The van der Waals surface area contributed by atoms with Crippen molar-refractivity contribution in [3.8, 4) is 11.8 Å². The first kappa shape index (κ1) is 13.6. The summed E-state index contributed by atoms with van der Waals surface area (Å²) in [4.78, 5) is 0.906. The molecule has 19 heavy (non-hydrogen) atoms. The molecule has 98 valence electrons. The number of hydrogen-bond acceptors (Lipinski definition) is 3. The second-order valence-corrected chi connectivity index (χ2v) is 4.23. The fourth-order valence-electron chi connectivity index (χ4n) is 1.34. The SMILES string of the molecule is N#Cc1cnn(-c2c(Cl)cc(C(F)(F)F)cc2Cl)n1. The number of hydrogen-bond donors (Lipinski definition) is 0. The van der Waals surface area contributed by atoms with Crippen LogP contribution in [0.1, 0.15) is 11.3 Å². The van der Waals surface area contributed by atoms with Crippen LogP contribution in [0.3, 0.4) is 0 Å². The molecule has 2 rings (SSSR count). The molecule has 0 radical (unpaired) electrons. The first-order chi connectivity index (χ1) is 8.82. The molecule has 0 saturated carbocycles. The molecule has 1 aromatic heterocycles. The Morgan fingerprint density at radius 2 is 1.79 bits per heavy atom. The molecule has 0 atom stereocenters. The summed E-state index contributed by atoms with van der Waals surface area (Å²) in [6.45, 7) is 0. The van der Waals surface area contributed by atoms with Crippen LogP contribution in [-0.4, -0.2) is 15.0 Å². The highest BCUT2D eigenvalue weighted by Gasteiger charge is 2.32. The van der Waals surface area contributed by atoms with Gasteiger partial charge < -0.3 is 0 Å². The number of alkyl halides is 3. The molecule has 0 aliphatic rings. The summed E-state index contributed by atoms with van der Waals surface area (Å²) < 4.78 is 37.6. The molecule has 0 N–H and O–H groups in total. The molecule has 0 spiro atoms. The van der Waals surface area contributed by atoms with E-state index in [1.165, 1.54) is 0 Å². The second kappa shape index (κ2) is 4.72. The molecule has 0 fully saturated rings. The van der Waals surface area contributed by atoms with Gasteiger partial charge in [-0.1, -0.05) is 23.2 Å². The van der Waals surface area contributed by atoms with Crippen molar-refractivity contribution < 1.29 is 13.2 Å². The number of aromatic nitrogens is 3. The van der Waals surface area contributed by atoms with Crippen LogP contribution in [0.5, 0.6) is 0 Å². The van der Waals surface area contributed by atoms with Gasteiger partial charge in [-0.3, -0.25) is 0 Å². The number of rotatable bonds is 1. The zero-order valence-corrected chi connectivity index (χ0v) is 10.4. The van der Waals surface area contributed by atoms with E-state index in [0.717, 1.165) is 23.1 Å². The van der Waals surface area contributed by atoms with Gasteiger partial charge in [-0.05, 0) is 12.1 Å². The van der Waals surface area contributed by atoms with Crippen molar-refractivity contribution in [2.75, 3.05) is 0 Å². The predicted molar refractivity (Wildman–Crippen MR) is 61.1 cm³/mol. The Kier molecular flexibility index (Phi) is 3.39. The Balaban J connectivity index is 2.57. The van der Waals surface area contributed by atoms with Crippen LogP contribution in [0.2, 0.25) is 10.0 Å². The van der Waals surface area contributed by atoms with Crippen LogP contribution in [0.25, 0.3) is 5.69 Å². The Labute approximate surface area is 115 Å². The highest BCUT2D eigenvalue weighted by atomic mass is 35.5. The molecule has 0 saturated heterocycles. The summed E-state index contributed by atoms with van der Waals surface area (Å²) in [6.07, 6.45) is -3.41. The maximum atomic E-state index is 12.5. The number of nitrogens with zero attached hydrogens (tertiary/aromatic N) is 4. The molecule has 1 aromatic carbocycles. The molecule has 0 amide bonds. The summed E-state index contributed by atoms with van der Waals surface area (Å²) in [5, 5.41) is 15.5. The van der Waals surface area contributed by atoms with Crippen molar-refractivity contribution >= 4 is 23.2 Å². The fourth-order valence-corrected chi connectivity index (χ4v) is 1.98. The summed E-state index contributed by atoms with van der Waals surface area (Å²) in [5.41, 5.74) is -0.997. The van der Waals surface area contributed by atoms with E-state index >= 15 is 0 Å². The van der Waals surface area contributed by atoms with Gasteiger partial charge in [0.2, 0.25) is 0 Å². The third kappa shape index (κ3) is 2.64. The highest BCUT2D eigenvalue weighted by molar-refractivity contribution is 6.37. The third-order valence-electron chi connectivity index (χ3n) is 2.15. The zero-order chi connectivity index (χ0) is 14.2. The van der Waals surface area contributed by atoms with Gasteiger partial charge in [-0.25, -0.2) is 0 Å². The van der Waals surface area contributed by atoms with Crippen LogP contribution in [-0.2, 0) is 6.18 Å². The molecule has 0 aliphatic heterocycles. The van der Waals surface area contributed by atoms with Gasteiger partial charge in [-0.15, -0.1) is 9.90 Å². The zero-order valence-electron chi connectivity index (χ0n) is 8.91. The molecule has 9 heteroatoms. The van der Waals surface area contributed by atoms with E-state index in [1.807, 2.05) is 0 Å². The molecule has 0 bridgehead atoms. The number of benzene rings is 1. The Bertz CT molecular complexity index is 649. The lowest BCUT2D eigenvalue weighted by atomic mass is 10.2. The fraction of sp³-hybridized carbons (Fsp3) is 0.100. The second-order valence-electron chi connectivity index (χ2n) is 3.42. The van der Waals surface area contributed by atoms with Gasteiger partial charge in [-0.2, -0.15) is 23.5 Å². The van der Waals surface area contributed by atoms with Gasteiger partial charge in [0.15, 0.2) is 5.69 Å². The first-order valence-electron chi connectivity index (χ1n) is 4.72. The number of halogens is 5. The topological polar surface area (TPSA) is 54.5 Å². The van der Waals surface area contributed by atoms with Gasteiger partial charge in [0.25, 0.3) is 0 Å². The highest BCUT2D eigenvalue weighted by Crippen LogP contribution is 2.36. The van der Waals surface area contributed by atoms with E-state index in [-0.39, 0.29) is 21.4 Å². The summed E-state index contributed by atoms with van der Waals surface area (Å²) in [6, 6.07) is 3.17. The minimum Gasteiger partial charge on any atom is -0.191 e. The Morgan fingerprint density at radius 1 is 1.21 bits per heavy atom. The molecular formula is C10H3Cl2F3N4. The van der Waals surface area contributed by atoms with Crippen molar-refractivity contribution in [1.29, 1.82) is 5.26 Å². The molecule has 1 heterocycles. The van der Waals surface area contributed by atoms with Crippen LogP contribution >= 0.6 is 23.2 Å². The van der Waals surface area contributed by atoms with E-state index in [4.69, 9.17) is 28.5 Å². The summed E-state index contributed by atoms with van der Waals surface area (Å²) >= 11 is 11.5. The number of nitriles is 1. The van der Waals surface area contributed by atoms with Crippen molar-refractivity contribution in [1.82, 2.24) is 15.0 Å². The maximum Gasteiger partial charge on any atom is 0.416 e. The normalized spacial score (nSPS) is 11.4. The van der Waals surface area contributed by atoms with Crippen LogP contribution in [0.15, 0.2) is 18.3 Å². The molecular weight excluding hydrogens is 304 g/mol. The standard InChI is InChI=1S/C10H3Cl2F3N4/c11-7-1-5(10(13,14)15)2-8(12)9(7)19-17-4-6(3-16)18-19/h1-2,4H. The van der Waals surface area contributed by atoms with Gasteiger partial charge in [0.05, 0.1) is 21.8 Å². The quantitative estimate of drug-likeness (QED) is 0.810. The lowest BCUT2D eigenvalue weighted by Crippen LogP contribution is -2.07. The van der Waals surface area contributed by atoms with Crippen molar-refractivity contribution in [2.24, 2.45) is 0 Å². The van der Waals surface area contributed by atoms with Gasteiger partial charge in [0.1, 0.15) is 11.8 Å². The smallest absolute Gasteiger partial charge is 0.191 e. The van der Waals surface area contributed by atoms with Gasteiger partial charge in [0, 0.05) is 0 Å². The monoisotopic (exact) mass is 306 g/mol. The molecule has 0 unspecified atom stereocenters. The first-order valence-corrected chi connectivity index (χ1v) is 5.47.